The summed E-state index contributed by atoms with van der Waals surface area (Å²) in [6, 6.07) is 1.84. The topological polar surface area (TPSA) is 216 Å². The van der Waals surface area contributed by atoms with Crippen molar-refractivity contribution in [2.24, 2.45) is 5.92 Å². The summed E-state index contributed by atoms with van der Waals surface area (Å²) in [7, 11) is 1.93. The number of carboxylic acids is 1. The van der Waals surface area contributed by atoms with E-state index >= 15 is 0 Å². The number of likely N-dealkylation sites (N-methyl/N-ethyl adjacent to an activating group) is 1. The van der Waals surface area contributed by atoms with Gasteiger partial charge in [0, 0.05) is 18.0 Å². The zero-order valence-corrected chi connectivity index (χ0v) is 25.0. The number of piperidine rings is 1. The molecule has 4 aliphatic rings. The lowest BCUT2D eigenvalue weighted by atomic mass is 9.50. The van der Waals surface area contributed by atoms with Crippen molar-refractivity contribution < 1.29 is 59.2 Å². The van der Waals surface area contributed by atoms with Crippen LogP contribution in [-0.4, -0.2) is 115 Å². The number of carboxylic acid groups (broad SMARTS) is 1. The monoisotopic (exact) mass is 620 g/mol. The average Bonchev–Trinajstić information content (AvgIpc) is 3.32. The molecule has 14 nitrogen and oxygen atoms in total. The van der Waals surface area contributed by atoms with Gasteiger partial charge < -0.3 is 55.1 Å². The Kier molecular flexibility index (Phi) is 8.46. The first-order valence-electron chi connectivity index (χ1n) is 14.7. The summed E-state index contributed by atoms with van der Waals surface area (Å²) in [5.74, 6) is -3.46. The molecule has 1 spiro atoms. The number of likely N-dealkylation sites (tertiary alicyclic amines) is 1. The fourth-order valence-electron chi connectivity index (χ4n) is 7.24. The summed E-state index contributed by atoms with van der Waals surface area (Å²) < 4.78 is 16.8. The lowest BCUT2D eigenvalue weighted by Crippen LogP contribution is -2.74. The number of aromatic hydroxyl groups is 1. The molecule has 242 valence electrons. The standard InChI is InChI=1S/C30H40N2O12/c1-13(2)11-16(26(37)38)31-25(36)14(3)42-27(39)21(34)22(35)28(40)43-18-7-8-30(41)19-12-15-5-6-17(33)23-20(15)29(30,24(18)44-23)9-10-32(19)4/h5-7,13-14,16,19,21-22,24,27,33-35,39,41H,8-12H2,1-4H3,(H,31,36)(H,37,38)/t14-,16-,19+,21+,22+,24-,27?,29?,30+/m0/s1. The second-order valence-electron chi connectivity index (χ2n) is 12.7. The zero-order chi connectivity index (χ0) is 32.3. The van der Waals surface area contributed by atoms with Crippen LogP contribution in [0.15, 0.2) is 24.0 Å². The van der Waals surface area contributed by atoms with Crippen LogP contribution in [0.1, 0.15) is 51.2 Å². The van der Waals surface area contributed by atoms with Crippen LogP contribution >= 0.6 is 0 Å². The number of hydrogen-bond acceptors (Lipinski definition) is 12. The van der Waals surface area contributed by atoms with E-state index in [1.807, 2.05) is 7.05 Å². The fraction of sp³-hybridized carbons (Fsp3) is 0.633. The molecule has 1 aromatic rings. The second kappa shape index (κ2) is 11.6. The van der Waals surface area contributed by atoms with Gasteiger partial charge in [0.1, 0.15) is 24.0 Å². The Morgan fingerprint density at radius 2 is 1.89 bits per heavy atom. The van der Waals surface area contributed by atoms with Crippen LogP contribution in [0.3, 0.4) is 0 Å². The molecular weight excluding hydrogens is 580 g/mol. The van der Waals surface area contributed by atoms with Crippen LogP contribution in [0, 0.1) is 5.92 Å². The number of nitrogens with zero attached hydrogens (tertiary/aromatic N) is 1. The molecule has 0 radical (unpaired) electrons. The van der Waals surface area contributed by atoms with Crippen molar-refractivity contribution in [2.45, 2.75) is 100 Å². The molecule has 44 heavy (non-hydrogen) atoms. The third kappa shape index (κ3) is 5.03. The van der Waals surface area contributed by atoms with Crippen molar-refractivity contribution >= 4 is 17.8 Å². The van der Waals surface area contributed by atoms with Gasteiger partial charge in [-0.15, -0.1) is 0 Å². The molecule has 2 heterocycles. The summed E-state index contributed by atoms with van der Waals surface area (Å²) in [6.45, 7) is 5.37. The number of ether oxygens (including phenoxy) is 3. The molecule has 5 rings (SSSR count). The van der Waals surface area contributed by atoms with Gasteiger partial charge in [-0.3, -0.25) is 4.79 Å². The maximum atomic E-state index is 13.0. The highest BCUT2D eigenvalue weighted by Crippen LogP contribution is 2.65. The molecule has 1 aromatic carbocycles. The molecule has 2 unspecified atom stereocenters. The van der Waals surface area contributed by atoms with E-state index in [-0.39, 0.29) is 42.1 Å². The highest BCUT2D eigenvalue weighted by Gasteiger charge is 2.72. The summed E-state index contributed by atoms with van der Waals surface area (Å²) in [6.07, 6.45) is -6.58. The Balaban J connectivity index is 1.29. The number of hydrogen-bond donors (Lipinski definition) is 7. The molecule has 7 N–H and O–H groups in total. The number of carbonyl (C=O) groups excluding carboxylic acids is 2. The number of amides is 1. The maximum absolute atomic E-state index is 13.0. The normalized spacial score (nSPS) is 30.2. The van der Waals surface area contributed by atoms with Gasteiger partial charge in [-0.05, 0) is 63.4 Å². The number of benzene rings is 1. The Morgan fingerprint density at radius 1 is 1.18 bits per heavy atom. The molecule has 2 aliphatic carbocycles. The summed E-state index contributed by atoms with van der Waals surface area (Å²) in [5.41, 5.74) is -0.775. The van der Waals surface area contributed by atoms with Crippen molar-refractivity contribution in [1.82, 2.24) is 10.2 Å². The van der Waals surface area contributed by atoms with Crippen LogP contribution in [0.5, 0.6) is 11.5 Å². The highest BCUT2D eigenvalue weighted by atomic mass is 16.6. The van der Waals surface area contributed by atoms with Crippen LogP contribution < -0.4 is 10.1 Å². The minimum Gasteiger partial charge on any atom is -0.504 e. The average molecular weight is 621 g/mol. The molecule has 1 amide bonds. The molecule has 14 heteroatoms. The molecular formula is C30H40N2O12. The number of rotatable bonds is 11. The van der Waals surface area contributed by atoms with Gasteiger partial charge in [0.2, 0.25) is 5.91 Å². The van der Waals surface area contributed by atoms with E-state index in [9.17, 15) is 45.0 Å². The van der Waals surface area contributed by atoms with E-state index in [0.717, 1.165) is 5.56 Å². The Bertz CT molecular complexity index is 1370. The number of nitrogens with one attached hydrogen (secondary N) is 1. The smallest absolute Gasteiger partial charge is 0.343 e. The van der Waals surface area contributed by atoms with E-state index in [1.165, 1.54) is 19.1 Å². The van der Waals surface area contributed by atoms with Crippen molar-refractivity contribution in [2.75, 3.05) is 13.6 Å². The fourth-order valence-corrected chi connectivity index (χ4v) is 7.24. The number of aliphatic hydroxyl groups is 4. The van der Waals surface area contributed by atoms with E-state index in [4.69, 9.17) is 14.2 Å². The number of phenolic OH excluding ortho intramolecular Hbond substituents is 1. The summed E-state index contributed by atoms with van der Waals surface area (Å²) in [5, 5.41) is 65.9. The van der Waals surface area contributed by atoms with Crippen molar-refractivity contribution in [3.8, 4) is 11.5 Å². The largest absolute Gasteiger partial charge is 0.504 e. The summed E-state index contributed by atoms with van der Waals surface area (Å²) in [4.78, 5) is 39.0. The van der Waals surface area contributed by atoms with Crippen LogP contribution in [-0.2, 0) is 35.7 Å². The second-order valence-corrected chi connectivity index (χ2v) is 12.7. The van der Waals surface area contributed by atoms with Gasteiger partial charge in [0.05, 0.1) is 11.0 Å². The summed E-state index contributed by atoms with van der Waals surface area (Å²) >= 11 is 0. The lowest BCUT2D eigenvalue weighted by Gasteiger charge is -2.61. The molecule has 1 fully saturated rings. The first-order valence-corrected chi connectivity index (χ1v) is 14.7. The van der Waals surface area contributed by atoms with Gasteiger partial charge in [-0.1, -0.05) is 19.9 Å². The lowest BCUT2D eigenvalue weighted by molar-refractivity contribution is -0.214. The molecule has 2 aliphatic heterocycles. The molecule has 0 saturated carbocycles. The van der Waals surface area contributed by atoms with Gasteiger partial charge in [0.15, 0.2) is 30.0 Å². The van der Waals surface area contributed by atoms with Gasteiger partial charge in [-0.25, -0.2) is 9.59 Å². The van der Waals surface area contributed by atoms with Crippen LogP contribution in [0.4, 0.5) is 0 Å². The van der Waals surface area contributed by atoms with Crippen LogP contribution in [0.25, 0.3) is 0 Å². The first kappa shape index (κ1) is 32.1. The molecule has 0 aromatic heterocycles. The molecule has 2 bridgehead atoms. The van der Waals surface area contributed by atoms with E-state index in [2.05, 4.69) is 10.2 Å². The SMILES string of the molecule is CC(C)C[C@H](NC(=O)[C@H](C)OC(O)[C@H](O)[C@@H](O)C(=O)OC1=CC[C@@]2(O)[C@H]3Cc4ccc(O)c5c4C2(CCN3C)[C@H]1O5)C(=O)O. The minimum absolute atomic E-state index is 0.0225. The van der Waals surface area contributed by atoms with E-state index in [0.29, 0.717) is 24.9 Å². The van der Waals surface area contributed by atoms with Crippen molar-refractivity contribution in [1.29, 1.82) is 0 Å². The minimum atomic E-state index is -2.32. The van der Waals surface area contributed by atoms with Crippen molar-refractivity contribution in [3.63, 3.8) is 0 Å². The number of aliphatic carboxylic acids is 1. The number of phenols is 1. The van der Waals surface area contributed by atoms with Gasteiger partial charge in [-0.2, -0.15) is 0 Å². The number of esters is 1. The Hall–Kier alpha value is -3.27. The zero-order valence-electron chi connectivity index (χ0n) is 25.0. The van der Waals surface area contributed by atoms with E-state index in [1.54, 1.807) is 19.9 Å². The number of carbonyl (C=O) groups is 3. The molecule has 9 atom stereocenters. The third-order valence-corrected chi connectivity index (χ3v) is 9.46. The van der Waals surface area contributed by atoms with Crippen molar-refractivity contribution in [3.05, 3.63) is 35.1 Å². The Morgan fingerprint density at radius 3 is 2.55 bits per heavy atom. The first-order chi connectivity index (χ1) is 20.6. The van der Waals surface area contributed by atoms with Gasteiger partial charge in [0.25, 0.3) is 0 Å². The van der Waals surface area contributed by atoms with Crippen LogP contribution in [0.2, 0.25) is 0 Å². The Labute approximate surface area is 253 Å². The predicted octanol–water partition coefficient (Wildman–Crippen LogP) is -0.726. The molecule has 1 saturated heterocycles. The maximum Gasteiger partial charge on any atom is 0.343 e. The third-order valence-electron chi connectivity index (χ3n) is 9.46. The van der Waals surface area contributed by atoms with Gasteiger partial charge >= 0.3 is 11.9 Å². The quantitative estimate of drug-likeness (QED) is 0.120. The predicted molar refractivity (Wildman–Crippen MR) is 150 cm³/mol. The van der Waals surface area contributed by atoms with E-state index < -0.39 is 65.6 Å². The highest BCUT2D eigenvalue weighted by molar-refractivity contribution is 5.86. The number of aliphatic hydroxyl groups excluding tert-OH is 3.